The average molecular weight is 527 g/mol. The molecule has 3 aromatic heterocycles. The molecule has 0 radical (unpaired) electrons. The minimum Gasteiger partial charge on any atom is -0.384 e. The number of hydrogen-bond donors (Lipinski definition) is 2. The molecule has 2 bridgehead atoms. The first-order chi connectivity index (χ1) is 18.6. The number of allylic oxidation sites excluding steroid dienone is 1. The Morgan fingerprint density at radius 3 is 2.67 bits per heavy atom. The van der Waals surface area contributed by atoms with E-state index in [9.17, 15) is 9.90 Å². The summed E-state index contributed by atoms with van der Waals surface area (Å²) < 4.78 is 3.18. The molecule has 2 aliphatic heterocycles. The smallest absolute Gasteiger partial charge is 0.278 e. The number of likely N-dealkylation sites (N-methyl/N-ethyl adjacent to an activating group) is 1. The van der Waals surface area contributed by atoms with E-state index in [0.717, 1.165) is 18.8 Å². The fourth-order valence-corrected chi connectivity index (χ4v) is 5.84. The lowest BCUT2D eigenvalue weighted by atomic mass is 10.1. The van der Waals surface area contributed by atoms with Gasteiger partial charge < -0.3 is 15.3 Å². The van der Waals surface area contributed by atoms with Crippen LogP contribution in [0.15, 0.2) is 60.0 Å². The average Bonchev–Trinajstić information content (AvgIpc) is 3.55. The van der Waals surface area contributed by atoms with Crippen LogP contribution in [0.3, 0.4) is 0 Å². The van der Waals surface area contributed by atoms with Gasteiger partial charge in [-0.15, -0.1) is 6.58 Å². The molecule has 2 aliphatic rings. The summed E-state index contributed by atoms with van der Waals surface area (Å²) in [6, 6.07) is 12.9. The summed E-state index contributed by atoms with van der Waals surface area (Å²) in [4.78, 5) is 32.1. The van der Waals surface area contributed by atoms with Gasteiger partial charge in [0.15, 0.2) is 11.5 Å². The number of piperazine rings is 1. The van der Waals surface area contributed by atoms with Crippen LogP contribution in [0.2, 0.25) is 0 Å². The van der Waals surface area contributed by atoms with Gasteiger partial charge in [-0.3, -0.25) is 9.69 Å². The third-order valence-corrected chi connectivity index (χ3v) is 7.83. The number of aryl methyl sites for hydroxylation is 1. The first-order valence-corrected chi connectivity index (χ1v) is 13.3. The Morgan fingerprint density at radius 2 is 2.00 bits per heavy atom. The maximum absolute atomic E-state index is 13.3. The van der Waals surface area contributed by atoms with Crippen LogP contribution < -0.4 is 15.8 Å². The highest BCUT2D eigenvalue weighted by atomic mass is 16.3. The van der Waals surface area contributed by atoms with Crippen molar-refractivity contribution in [3.05, 3.63) is 76.9 Å². The van der Waals surface area contributed by atoms with Crippen molar-refractivity contribution in [2.75, 3.05) is 30.4 Å². The maximum atomic E-state index is 13.3. The second kappa shape index (κ2) is 9.32. The van der Waals surface area contributed by atoms with E-state index >= 15 is 0 Å². The topological polar surface area (TPSA) is 104 Å². The van der Waals surface area contributed by atoms with Gasteiger partial charge >= 0.3 is 0 Å². The van der Waals surface area contributed by atoms with Crippen molar-refractivity contribution >= 4 is 28.4 Å². The van der Waals surface area contributed by atoms with Crippen LogP contribution in [-0.2, 0) is 12.1 Å². The fourth-order valence-electron chi connectivity index (χ4n) is 5.84. The molecule has 1 aromatic carbocycles. The van der Waals surface area contributed by atoms with Crippen LogP contribution in [0.5, 0.6) is 0 Å². The van der Waals surface area contributed by atoms with Crippen LogP contribution >= 0.6 is 0 Å². The standard InChI is InChI=1S/C29H34N8O2/c1-6-12-36-27(38)22-15-30-28(33-26(22)37(36)25-9-7-8-24(32-25)29(3,4)39)31-19-10-11-23(18(2)13-19)35-17-20-14-21(35)16-34(20)5/h6-11,13,15,20-21,39H,1,12,14,16-17H2,2-5H3,(H,30,31,33)/t20-,21-/m0/s1. The minimum absolute atomic E-state index is 0.238. The van der Waals surface area contributed by atoms with Crippen molar-refractivity contribution in [3.63, 3.8) is 0 Å². The van der Waals surface area contributed by atoms with Crippen LogP contribution in [0, 0.1) is 6.92 Å². The van der Waals surface area contributed by atoms with Crippen molar-refractivity contribution in [3.8, 4) is 5.82 Å². The van der Waals surface area contributed by atoms with E-state index in [1.54, 1.807) is 49.0 Å². The van der Waals surface area contributed by atoms with Gasteiger partial charge in [0.1, 0.15) is 11.0 Å². The Morgan fingerprint density at radius 1 is 1.18 bits per heavy atom. The van der Waals surface area contributed by atoms with Gasteiger partial charge in [0.2, 0.25) is 5.95 Å². The molecule has 2 saturated heterocycles. The van der Waals surface area contributed by atoms with Gasteiger partial charge in [-0.25, -0.2) is 19.3 Å². The third-order valence-electron chi connectivity index (χ3n) is 7.83. The van der Waals surface area contributed by atoms with Crippen molar-refractivity contribution < 1.29 is 5.11 Å². The zero-order valence-corrected chi connectivity index (χ0v) is 22.8. The van der Waals surface area contributed by atoms with Gasteiger partial charge in [-0.05, 0) is 70.1 Å². The summed E-state index contributed by atoms with van der Waals surface area (Å²) in [5.41, 5.74) is 2.86. The first kappa shape index (κ1) is 25.3. The summed E-state index contributed by atoms with van der Waals surface area (Å²) >= 11 is 0. The molecule has 0 amide bonds. The highest BCUT2D eigenvalue weighted by Gasteiger charge is 2.41. The molecule has 39 heavy (non-hydrogen) atoms. The lowest BCUT2D eigenvalue weighted by Gasteiger charge is -2.34. The molecular weight excluding hydrogens is 492 g/mol. The molecule has 5 heterocycles. The van der Waals surface area contributed by atoms with Crippen molar-refractivity contribution in [1.29, 1.82) is 0 Å². The van der Waals surface area contributed by atoms with Gasteiger partial charge in [-0.2, -0.15) is 4.98 Å². The molecule has 2 N–H and O–H groups in total. The zero-order chi connectivity index (χ0) is 27.5. The Hall–Kier alpha value is -4.02. The minimum atomic E-state index is -1.14. The summed E-state index contributed by atoms with van der Waals surface area (Å²) in [5, 5.41) is 14.2. The molecule has 2 fully saturated rings. The highest BCUT2D eigenvalue weighted by Crippen LogP contribution is 2.36. The largest absolute Gasteiger partial charge is 0.384 e. The lowest BCUT2D eigenvalue weighted by Crippen LogP contribution is -2.44. The molecular formula is C29H34N8O2. The highest BCUT2D eigenvalue weighted by molar-refractivity contribution is 5.77. The summed E-state index contributed by atoms with van der Waals surface area (Å²) in [7, 11) is 2.21. The SMILES string of the molecule is C=CCn1c(=O)c2cnc(Nc3ccc(N4C[C@@H]5C[C@H]4CN5C)c(C)c3)nc2n1-c1cccc(C(C)(C)O)n1. The summed E-state index contributed by atoms with van der Waals surface area (Å²) in [6.45, 7) is 11.7. The number of rotatable bonds is 7. The third kappa shape index (κ3) is 4.39. The molecule has 0 saturated carbocycles. The predicted molar refractivity (Wildman–Crippen MR) is 153 cm³/mol. The monoisotopic (exact) mass is 526 g/mol. The molecule has 10 heteroatoms. The second-order valence-corrected chi connectivity index (χ2v) is 11.1. The summed E-state index contributed by atoms with van der Waals surface area (Å²) in [6.07, 6.45) is 4.42. The Labute approximate surface area is 227 Å². The van der Waals surface area contributed by atoms with Gasteiger partial charge in [0, 0.05) is 42.7 Å². The number of benzene rings is 1. The van der Waals surface area contributed by atoms with Crippen molar-refractivity contribution in [2.24, 2.45) is 0 Å². The van der Waals surface area contributed by atoms with Crippen molar-refractivity contribution in [2.45, 2.75) is 51.4 Å². The number of nitrogens with one attached hydrogen (secondary N) is 1. The van der Waals surface area contributed by atoms with E-state index in [2.05, 4.69) is 63.8 Å². The van der Waals surface area contributed by atoms with Gasteiger partial charge in [-0.1, -0.05) is 12.1 Å². The summed E-state index contributed by atoms with van der Waals surface area (Å²) in [5.74, 6) is 0.846. The van der Waals surface area contributed by atoms with Gasteiger partial charge in [0.25, 0.3) is 5.56 Å². The molecule has 6 rings (SSSR count). The normalized spacial score (nSPS) is 19.3. The molecule has 0 unspecified atom stereocenters. The quantitative estimate of drug-likeness (QED) is 0.354. The predicted octanol–water partition coefficient (Wildman–Crippen LogP) is 3.34. The number of aromatic nitrogens is 5. The number of anilines is 3. The molecule has 0 aliphatic carbocycles. The first-order valence-electron chi connectivity index (χ1n) is 13.3. The molecule has 10 nitrogen and oxygen atoms in total. The fraction of sp³-hybridized carbons (Fsp3) is 0.379. The van der Waals surface area contributed by atoms with Crippen LogP contribution in [-0.4, -0.2) is 66.5 Å². The van der Waals surface area contributed by atoms with Crippen LogP contribution in [0.1, 0.15) is 31.5 Å². The van der Waals surface area contributed by atoms with E-state index in [4.69, 9.17) is 4.98 Å². The van der Waals surface area contributed by atoms with E-state index in [-0.39, 0.29) is 12.1 Å². The second-order valence-electron chi connectivity index (χ2n) is 11.1. The molecule has 0 spiro atoms. The van der Waals surface area contributed by atoms with E-state index < -0.39 is 5.60 Å². The van der Waals surface area contributed by atoms with Crippen LogP contribution in [0.25, 0.3) is 16.9 Å². The number of likely N-dealkylation sites (tertiary alicyclic amines) is 1. The molecule has 202 valence electrons. The van der Waals surface area contributed by atoms with E-state index in [1.807, 2.05) is 0 Å². The van der Waals surface area contributed by atoms with E-state index in [1.165, 1.54) is 22.4 Å². The van der Waals surface area contributed by atoms with Crippen molar-refractivity contribution in [1.82, 2.24) is 29.2 Å². The number of fused-ring (bicyclic) bond motifs is 3. The zero-order valence-electron chi connectivity index (χ0n) is 22.8. The molecule has 4 aromatic rings. The number of aliphatic hydroxyl groups is 1. The maximum Gasteiger partial charge on any atom is 0.278 e. The van der Waals surface area contributed by atoms with Crippen LogP contribution in [0.4, 0.5) is 17.3 Å². The number of pyridine rings is 1. The van der Waals surface area contributed by atoms with Gasteiger partial charge in [0.05, 0.1) is 12.2 Å². The number of hydrogen-bond acceptors (Lipinski definition) is 8. The lowest BCUT2D eigenvalue weighted by molar-refractivity contribution is 0.0738. The Bertz CT molecular complexity index is 1630. The number of nitrogens with zero attached hydrogens (tertiary/aromatic N) is 7. The van der Waals surface area contributed by atoms with E-state index in [0.29, 0.717) is 40.6 Å². The Balaban J connectivity index is 1.36. The Kier molecular flexibility index (Phi) is 6.04. The molecule has 2 atom stereocenters.